The number of amides is 2. The van der Waals surface area contributed by atoms with Crippen LogP contribution in [0.1, 0.15) is 44.2 Å². The van der Waals surface area contributed by atoms with Crippen molar-refractivity contribution in [2.45, 2.75) is 56.9 Å². The van der Waals surface area contributed by atoms with Gasteiger partial charge in [0.05, 0.1) is 35.4 Å². The molecular formula is C29H38N4O9. The molecule has 0 aromatic heterocycles. The van der Waals surface area contributed by atoms with Gasteiger partial charge in [0.2, 0.25) is 11.7 Å². The van der Waals surface area contributed by atoms with Gasteiger partial charge in [0.15, 0.2) is 11.4 Å². The number of phenols is 1. The fourth-order valence-corrected chi connectivity index (χ4v) is 6.76. The summed E-state index contributed by atoms with van der Waals surface area (Å²) in [7, 11) is 4.51. The Balaban J connectivity index is 1.90. The van der Waals surface area contributed by atoms with Crippen molar-refractivity contribution >= 4 is 34.8 Å². The normalized spacial score (nSPS) is 29.8. The van der Waals surface area contributed by atoms with Crippen molar-refractivity contribution in [1.29, 1.82) is 0 Å². The number of benzene rings is 1. The molecule has 1 aromatic rings. The zero-order chi connectivity index (χ0) is 31.6. The van der Waals surface area contributed by atoms with Crippen molar-refractivity contribution in [3.05, 3.63) is 40.2 Å². The number of Topliss-reactive ketones (excluding diaryl/α,β-unsaturated/α-hetero) is 2. The smallest absolute Gasteiger partial charge is 0.255 e. The van der Waals surface area contributed by atoms with Crippen LogP contribution >= 0.6 is 0 Å². The van der Waals surface area contributed by atoms with Crippen LogP contribution in [0, 0.1) is 17.8 Å². The van der Waals surface area contributed by atoms with Gasteiger partial charge in [-0.2, -0.15) is 0 Å². The lowest BCUT2D eigenvalue weighted by atomic mass is 9.54. The van der Waals surface area contributed by atoms with Gasteiger partial charge in [-0.05, 0) is 51.0 Å². The number of fused-ring (bicyclic) bond motifs is 3. The first-order valence-corrected chi connectivity index (χ1v) is 13.7. The molecular weight excluding hydrogens is 548 g/mol. The van der Waals surface area contributed by atoms with E-state index in [1.54, 1.807) is 14.0 Å². The second kappa shape index (κ2) is 10.8. The Morgan fingerprint density at radius 3 is 2.29 bits per heavy atom. The van der Waals surface area contributed by atoms with Crippen LogP contribution in [0.3, 0.4) is 0 Å². The van der Waals surface area contributed by atoms with E-state index < -0.39 is 93.3 Å². The van der Waals surface area contributed by atoms with Crippen molar-refractivity contribution in [2.75, 3.05) is 26.5 Å². The van der Waals surface area contributed by atoms with E-state index in [9.17, 15) is 44.7 Å². The summed E-state index contributed by atoms with van der Waals surface area (Å²) in [6.45, 7) is 5.53. The average Bonchev–Trinajstić information content (AvgIpc) is 2.90. The Morgan fingerprint density at radius 2 is 1.76 bits per heavy atom. The summed E-state index contributed by atoms with van der Waals surface area (Å²) in [4.78, 5) is 53.7. The second-order valence-corrected chi connectivity index (χ2v) is 11.9. The number of aliphatic hydroxyl groups is 4. The van der Waals surface area contributed by atoms with E-state index in [2.05, 4.69) is 10.6 Å². The summed E-state index contributed by atoms with van der Waals surface area (Å²) in [5.74, 6) is -10.0. The molecule has 0 bridgehead atoms. The molecule has 3 unspecified atom stereocenters. The molecule has 13 nitrogen and oxygen atoms in total. The number of carbonyl (C=O) groups excluding carboxylic acids is 4. The first-order chi connectivity index (χ1) is 19.5. The predicted octanol–water partition coefficient (Wildman–Crippen LogP) is 0.0684. The van der Waals surface area contributed by atoms with Crippen molar-refractivity contribution in [1.82, 2.24) is 10.2 Å². The molecule has 13 heteroatoms. The molecule has 9 N–H and O–H groups in total. The first-order valence-electron chi connectivity index (χ1n) is 13.7. The number of rotatable bonds is 7. The monoisotopic (exact) mass is 586 g/mol. The van der Waals surface area contributed by atoms with Crippen LogP contribution in [0.2, 0.25) is 0 Å². The van der Waals surface area contributed by atoms with Gasteiger partial charge < -0.3 is 41.9 Å². The standard InChI is InChI=1S/C29H38N4O9/c1-10(2)9-14(31-4)28(41)32-13-8-7-12-11(3)15-17(22(35)16(12)21(13)34)25(38)29(42)19(23(15)36)20(33(5)6)24(37)18(26(29)39)27(30)40/h7-8,10-11,14-15,19-20,23,31,34-36,39,42H,9H2,1-6H3,(H2,30,40)(H,32,41)/t11-,14-,15?,19?,20-,23?,29-/m0/s1. The first kappa shape index (κ1) is 31.2. The van der Waals surface area contributed by atoms with Gasteiger partial charge in [-0.3, -0.25) is 24.1 Å². The minimum Gasteiger partial charge on any atom is -0.508 e. The van der Waals surface area contributed by atoms with Gasteiger partial charge in [0.1, 0.15) is 22.8 Å². The summed E-state index contributed by atoms with van der Waals surface area (Å²) in [5.41, 5.74) is 0.940. The lowest BCUT2D eigenvalue weighted by Crippen LogP contribution is -2.70. The lowest BCUT2D eigenvalue weighted by Gasteiger charge is -2.53. The Morgan fingerprint density at radius 1 is 1.14 bits per heavy atom. The number of hydrogen-bond donors (Lipinski definition) is 8. The SMILES string of the molecule is CN[C@@H](CC(C)C)C(=O)Nc1ccc2c(c1O)C(O)=C1C(=O)[C@]3(O)C(O)=C(C(N)=O)C(=O)[C@@H](N(C)C)C3C(O)C1[C@H]2C. The Labute approximate surface area is 242 Å². The summed E-state index contributed by atoms with van der Waals surface area (Å²) < 4.78 is 0. The topological polar surface area (TPSA) is 223 Å². The van der Waals surface area contributed by atoms with Gasteiger partial charge >= 0.3 is 0 Å². The molecule has 1 fully saturated rings. The van der Waals surface area contributed by atoms with Crippen molar-refractivity contribution in [3.8, 4) is 5.75 Å². The third-order valence-electron chi connectivity index (χ3n) is 8.76. The van der Waals surface area contributed by atoms with Crippen LogP contribution in [-0.4, -0.2) is 98.7 Å². The molecule has 4 rings (SSSR count). The van der Waals surface area contributed by atoms with Crippen molar-refractivity contribution in [3.63, 3.8) is 0 Å². The fourth-order valence-electron chi connectivity index (χ4n) is 6.76. The van der Waals surface area contributed by atoms with Gasteiger partial charge in [-0.1, -0.05) is 26.8 Å². The molecule has 228 valence electrons. The maximum absolute atomic E-state index is 14.1. The van der Waals surface area contributed by atoms with Gasteiger partial charge in [0.25, 0.3) is 5.91 Å². The van der Waals surface area contributed by atoms with Crippen LogP contribution in [-0.2, 0) is 19.2 Å². The minimum absolute atomic E-state index is 0.0457. The van der Waals surface area contributed by atoms with Crippen molar-refractivity contribution < 1.29 is 44.7 Å². The largest absolute Gasteiger partial charge is 0.508 e. The van der Waals surface area contributed by atoms with Crippen LogP contribution in [0.5, 0.6) is 5.75 Å². The number of aliphatic hydroxyl groups excluding tert-OH is 3. The third-order valence-corrected chi connectivity index (χ3v) is 8.76. The van der Waals surface area contributed by atoms with Crippen LogP contribution in [0.25, 0.3) is 5.76 Å². The van der Waals surface area contributed by atoms with E-state index in [0.29, 0.717) is 12.0 Å². The van der Waals surface area contributed by atoms with E-state index in [0.717, 1.165) is 0 Å². The van der Waals surface area contributed by atoms with E-state index in [-0.39, 0.29) is 17.2 Å². The number of phenolic OH excluding ortho intramolecular Hbond substituents is 1. The predicted molar refractivity (Wildman–Crippen MR) is 151 cm³/mol. The Hall–Kier alpha value is -3.78. The molecule has 1 saturated carbocycles. The molecule has 42 heavy (non-hydrogen) atoms. The number of carbonyl (C=O) groups is 4. The third kappa shape index (κ3) is 4.39. The number of hydrogen-bond acceptors (Lipinski definition) is 11. The van der Waals surface area contributed by atoms with Crippen LogP contribution in [0.15, 0.2) is 29.0 Å². The molecule has 0 aliphatic heterocycles. The van der Waals surface area contributed by atoms with Gasteiger partial charge in [0, 0.05) is 11.5 Å². The molecule has 2 amide bonds. The van der Waals surface area contributed by atoms with Crippen LogP contribution in [0.4, 0.5) is 5.69 Å². The van der Waals surface area contributed by atoms with Gasteiger partial charge in [-0.25, -0.2) is 0 Å². The maximum atomic E-state index is 14.1. The highest BCUT2D eigenvalue weighted by molar-refractivity contribution is 6.24. The summed E-state index contributed by atoms with van der Waals surface area (Å²) in [6, 6.07) is 0.970. The number of nitrogens with two attached hydrogens (primary N) is 1. The fraction of sp³-hybridized carbons (Fsp3) is 0.517. The maximum Gasteiger partial charge on any atom is 0.255 e. The second-order valence-electron chi connectivity index (χ2n) is 11.9. The molecule has 3 aliphatic carbocycles. The molecule has 0 saturated heterocycles. The molecule has 0 radical (unpaired) electrons. The molecule has 0 heterocycles. The number of likely N-dealkylation sites (N-methyl/N-ethyl adjacent to an activating group) is 2. The van der Waals surface area contributed by atoms with E-state index in [4.69, 9.17) is 5.73 Å². The molecule has 1 aromatic carbocycles. The van der Waals surface area contributed by atoms with E-state index >= 15 is 0 Å². The molecule has 0 spiro atoms. The zero-order valence-corrected chi connectivity index (χ0v) is 24.3. The summed E-state index contributed by atoms with van der Waals surface area (Å²) in [6.07, 6.45) is -1.18. The van der Waals surface area contributed by atoms with Crippen molar-refractivity contribution in [2.24, 2.45) is 23.5 Å². The number of primary amides is 1. The van der Waals surface area contributed by atoms with E-state index in [1.165, 1.54) is 31.1 Å². The summed E-state index contributed by atoms with van der Waals surface area (Å²) >= 11 is 0. The Bertz CT molecular complexity index is 1430. The Kier molecular flexibility index (Phi) is 8.02. The highest BCUT2D eigenvalue weighted by Gasteiger charge is 2.68. The lowest BCUT2D eigenvalue weighted by molar-refractivity contribution is -0.169. The molecule has 3 aliphatic rings. The van der Waals surface area contributed by atoms with Crippen LogP contribution < -0.4 is 16.4 Å². The minimum atomic E-state index is -3.00. The van der Waals surface area contributed by atoms with E-state index in [1.807, 2.05) is 13.8 Å². The number of anilines is 1. The number of aromatic hydroxyl groups is 1. The number of nitrogens with zero attached hydrogens (tertiary/aromatic N) is 1. The highest BCUT2D eigenvalue weighted by atomic mass is 16.4. The molecule has 7 atom stereocenters. The summed E-state index contributed by atoms with van der Waals surface area (Å²) in [5, 5.41) is 62.6. The average molecular weight is 587 g/mol. The number of ketones is 2. The number of nitrogens with one attached hydrogen (secondary N) is 2. The quantitative estimate of drug-likeness (QED) is 0.158. The highest BCUT2D eigenvalue weighted by Crippen LogP contribution is 2.56. The van der Waals surface area contributed by atoms with Gasteiger partial charge in [-0.15, -0.1) is 0 Å². The zero-order valence-electron chi connectivity index (χ0n) is 24.3.